The van der Waals surface area contributed by atoms with Gasteiger partial charge in [-0.2, -0.15) is 0 Å². The lowest BCUT2D eigenvalue weighted by Gasteiger charge is -2.23. The first-order valence-electron chi connectivity index (χ1n) is 10.9. The first-order valence-corrected chi connectivity index (χ1v) is 12.3. The number of methoxy groups -OCH3 is 1. The van der Waals surface area contributed by atoms with E-state index in [9.17, 15) is 9.59 Å². The number of hydrogen-bond acceptors (Lipinski definition) is 7. The van der Waals surface area contributed by atoms with Gasteiger partial charge in [0, 0.05) is 47.6 Å². The van der Waals surface area contributed by atoms with Gasteiger partial charge in [-0.3, -0.25) is 14.6 Å². The lowest BCUT2D eigenvalue weighted by molar-refractivity contribution is -0.114. The first kappa shape index (κ1) is 21.8. The summed E-state index contributed by atoms with van der Waals surface area (Å²) in [5.74, 6) is 0.191. The van der Waals surface area contributed by atoms with Gasteiger partial charge < -0.3 is 20.1 Å². The molecule has 2 aromatic rings. The Hall–Kier alpha value is -3.01. The average Bonchev–Trinajstić information content (AvgIpc) is 3.56. The van der Waals surface area contributed by atoms with Crippen molar-refractivity contribution in [2.24, 2.45) is 10.9 Å². The number of hydrogen-bond donors (Lipinski definition) is 3. The van der Waals surface area contributed by atoms with Crippen LogP contribution in [0.2, 0.25) is 0 Å². The molecule has 9 heteroatoms. The van der Waals surface area contributed by atoms with Gasteiger partial charge in [-0.15, -0.1) is 10.9 Å². The Morgan fingerprint density at radius 1 is 1.24 bits per heavy atom. The molecule has 0 radical (unpaired) electrons. The highest BCUT2D eigenvalue weighted by atomic mass is 32.2. The van der Waals surface area contributed by atoms with Crippen LogP contribution in [0.1, 0.15) is 22.5 Å². The summed E-state index contributed by atoms with van der Waals surface area (Å²) in [7, 11) is 0.252. The molecular weight excluding hydrogens is 440 g/mol. The maximum Gasteiger partial charge on any atom is 0.259 e. The number of aryl methyl sites for hydroxylation is 1. The van der Waals surface area contributed by atoms with Crippen LogP contribution in [0.4, 0.5) is 0 Å². The van der Waals surface area contributed by atoms with E-state index in [2.05, 4.69) is 20.6 Å². The molecule has 0 spiro atoms. The fourth-order valence-electron chi connectivity index (χ4n) is 4.35. The van der Waals surface area contributed by atoms with Crippen LogP contribution >= 0.6 is 10.9 Å². The fourth-order valence-corrected chi connectivity index (χ4v) is 6.74. The number of aliphatic imine (C=N–C) groups is 1. The van der Waals surface area contributed by atoms with Crippen molar-refractivity contribution in [3.05, 3.63) is 58.4 Å². The number of nitrogens with one attached hydrogen (secondary N) is 2. The molecule has 0 bridgehead atoms. The SMILES string of the molecule is COc1ccccc1-c1cc(C)ncc1C(=O)NC1=NC2=C(CNC2)[SH]1C(=O)[C@@H]1CCOC1. The number of aromatic nitrogens is 1. The highest BCUT2D eigenvalue weighted by molar-refractivity contribution is 8.44. The molecule has 0 aliphatic carbocycles. The Bertz CT molecular complexity index is 1190. The van der Waals surface area contributed by atoms with Gasteiger partial charge in [-0.25, -0.2) is 4.99 Å². The number of thiol groups is 1. The summed E-state index contributed by atoms with van der Waals surface area (Å²) < 4.78 is 11.0. The van der Waals surface area contributed by atoms with E-state index in [4.69, 9.17) is 9.47 Å². The normalized spacial score (nSPS) is 22.8. The van der Waals surface area contributed by atoms with Crippen LogP contribution in [0.25, 0.3) is 11.1 Å². The molecule has 172 valence electrons. The van der Waals surface area contributed by atoms with E-state index in [0.717, 1.165) is 33.8 Å². The van der Waals surface area contributed by atoms with Gasteiger partial charge in [0.25, 0.3) is 5.91 Å². The summed E-state index contributed by atoms with van der Waals surface area (Å²) >= 11 is 0. The van der Waals surface area contributed by atoms with Crippen molar-refractivity contribution in [1.82, 2.24) is 15.6 Å². The predicted octanol–water partition coefficient (Wildman–Crippen LogP) is 2.54. The van der Waals surface area contributed by atoms with E-state index >= 15 is 0 Å². The molecule has 1 saturated heterocycles. The molecule has 8 nitrogen and oxygen atoms in total. The van der Waals surface area contributed by atoms with Gasteiger partial charge in [0.2, 0.25) is 0 Å². The number of carbonyl (C=O) groups excluding carboxylic acids is 2. The summed E-state index contributed by atoms with van der Waals surface area (Å²) in [6.45, 7) is 4.15. The number of carbonyl (C=O) groups is 2. The van der Waals surface area contributed by atoms with E-state index in [0.29, 0.717) is 42.8 Å². The molecular formula is C24H26N4O4S. The zero-order chi connectivity index (χ0) is 22.9. The van der Waals surface area contributed by atoms with E-state index in [1.54, 1.807) is 13.3 Å². The van der Waals surface area contributed by atoms with Crippen molar-refractivity contribution in [1.29, 1.82) is 0 Å². The molecule has 3 aliphatic heterocycles. The van der Waals surface area contributed by atoms with Gasteiger partial charge in [-0.05, 0) is 25.5 Å². The molecule has 1 amide bonds. The van der Waals surface area contributed by atoms with Crippen LogP contribution in [0.3, 0.4) is 0 Å². The van der Waals surface area contributed by atoms with Crippen LogP contribution in [0, 0.1) is 12.8 Å². The van der Waals surface area contributed by atoms with Gasteiger partial charge in [0.1, 0.15) is 5.75 Å². The number of amides is 1. The number of para-hydroxylation sites is 1. The lowest BCUT2D eigenvalue weighted by atomic mass is 9.99. The molecule has 0 saturated carbocycles. The molecule has 5 rings (SSSR count). The van der Waals surface area contributed by atoms with Crippen molar-refractivity contribution in [3.8, 4) is 16.9 Å². The van der Waals surface area contributed by atoms with E-state index < -0.39 is 10.9 Å². The average molecular weight is 467 g/mol. The van der Waals surface area contributed by atoms with Crippen molar-refractivity contribution in [2.75, 3.05) is 33.4 Å². The molecule has 2 N–H and O–H groups in total. The Morgan fingerprint density at radius 2 is 2.09 bits per heavy atom. The predicted molar refractivity (Wildman–Crippen MR) is 129 cm³/mol. The molecule has 4 heterocycles. The molecule has 1 fully saturated rings. The minimum Gasteiger partial charge on any atom is -0.496 e. The molecule has 1 unspecified atom stereocenters. The van der Waals surface area contributed by atoms with Crippen LogP contribution < -0.4 is 15.4 Å². The number of ether oxygens (including phenoxy) is 2. The Kier molecular flexibility index (Phi) is 6.01. The Balaban J connectivity index is 1.47. The highest BCUT2D eigenvalue weighted by Crippen LogP contribution is 2.48. The van der Waals surface area contributed by atoms with Crippen molar-refractivity contribution in [3.63, 3.8) is 0 Å². The fraction of sp³-hybridized carbons (Fsp3) is 0.333. The zero-order valence-electron chi connectivity index (χ0n) is 18.6. The van der Waals surface area contributed by atoms with Crippen LogP contribution in [0.15, 0.2) is 52.1 Å². The first-order chi connectivity index (χ1) is 16.1. The summed E-state index contributed by atoms with van der Waals surface area (Å²) in [4.78, 5) is 36.9. The Labute approximate surface area is 194 Å². The molecule has 3 aliphatic rings. The van der Waals surface area contributed by atoms with Crippen molar-refractivity contribution in [2.45, 2.75) is 13.3 Å². The number of benzene rings is 1. The second-order valence-corrected chi connectivity index (χ2v) is 10.3. The van der Waals surface area contributed by atoms with Gasteiger partial charge in [0.05, 0.1) is 30.9 Å². The second kappa shape index (κ2) is 9.09. The highest BCUT2D eigenvalue weighted by Gasteiger charge is 2.39. The molecule has 33 heavy (non-hydrogen) atoms. The molecule has 2 atom stereocenters. The van der Waals surface area contributed by atoms with Crippen LogP contribution in [-0.4, -0.2) is 54.6 Å². The third kappa shape index (κ3) is 4.07. The summed E-state index contributed by atoms with van der Waals surface area (Å²) in [5.41, 5.74) is 3.59. The lowest BCUT2D eigenvalue weighted by Crippen LogP contribution is -2.34. The smallest absolute Gasteiger partial charge is 0.259 e. The van der Waals surface area contributed by atoms with E-state index in [1.165, 1.54) is 0 Å². The van der Waals surface area contributed by atoms with Crippen molar-refractivity contribution >= 4 is 27.1 Å². The van der Waals surface area contributed by atoms with Gasteiger partial charge in [-0.1, -0.05) is 18.2 Å². The van der Waals surface area contributed by atoms with Crippen LogP contribution in [0.5, 0.6) is 5.75 Å². The number of pyridine rings is 1. The van der Waals surface area contributed by atoms with Crippen molar-refractivity contribution < 1.29 is 19.1 Å². The minimum atomic E-state index is -1.35. The van der Waals surface area contributed by atoms with Gasteiger partial charge >= 0.3 is 0 Å². The quantitative estimate of drug-likeness (QED) is 0.599. The third-order valence-electron chi connectivity index (χ3n) is 6.05. The monoisotopic (exact) mass is 466 g/mol. The summed E-state index contributed by atoms with van der Waals surface area (Å²) in [5, 5.41) is 6.83. The number of rotatable bonds is 4. The maximum absolute atomic E-state index is 13.5. The number of amidine groups is 1. The minimum absolute atomic E-state index is 0.127. The van der Waals surface area contributed by atoms with Crippen LogP contribution in [-0.2, 0) is 9.53 Å². The summed E-state index contributed by atoms with van der Waals surface area (Å²) in [6.07, 6.45) is 2.29. The number of nitrogens with zero attached hydrogens (tertiary/aromatic N) is 2. The van der Waals surface area contributed by atoms with E-state index in [1.807, 2.05) is 37.3 Å². The zero-order valence-corrected chi connectivity index (χ0v) is 19.4. The summed E-state index contributed by atoms with van der Waals surface area (Å²) in [6, 6.07) is 9.43. The molecule has 1 aromatic carbocycles. The third-order valence-corrected chi connectivity index (χ3v) is 8.45. The second-order valence-electron chi connectivity index (χ2n) is 8.19. The largest absolute Gasteiger partial charge is 0.496 e. The Morgan fingerprint density at radius 3 is 2.88 bits per heavy atom. The topological polar surface area (TPSA) is 102 Å². The standard InChI is InChI=1S/C24H26N4O4S/c1-14-9-17(16-5-3-4-6-20(16)31-2)18(10-26-14)22(29)28-24-27-19-11-25-12-21(19)33(24)23(30)15-7-8-32-13-15/h3-6,9-10,15,25,33H,7-8,11-13H2,1-2H3,(H,27,28,29)/t15-/m1/s1. The maximum atomic E-state index is 13.5. The van der Waals surface area contributed by atoms with Gasteiger partial charge in [0.15, 0.2) is 10.3 Å². The van der Waals surface area contributed by atoms with E-state index in [-0.39, 0.29) is 16.9 Å². The molecule has 1 aromatic heterocycles.